The van der Waals surface area contributed by atoms with Crippen molar-refractivity contribution in [1.82, 2.24) is 9.78 Å². The monoisotopic (exact) mass is 210 g/mol. The molecule has 0 spiro atoms. The van der Waals surface area contributed by atoms with E-state index in [9.17, 15) is 4.79 Å². The van der Waals surface area contributed by atoms with E-state index in [0.29, 0.717) is 0 Å². The van der Waals surface area contributed by atoms with Gasteiger partial charge >= 0.3 is 0 Å². The minimum atomic E-state index is -0.482. The zero-order valence-corrected chi connectivity index (χ0v) is 9.61. The average Bonchev–Trinajstić information content (AvgIpc) is 2.43. The van der Waals surface area contributed by atoms with Crippen LogP contribution in [0.15, 0.2) is 6.20 Å². The Morgan fingerprint density at radius 2 is 2.20 bits per heavy atom. The van der Waals surface area contributed by atoms with Crippen LogP contribution in [0.5, 0.6) is 0 Å². The second kappa shape index (κ2) is 4.44. The number of amides is 1. The maximum absolute atomic E-state index is 11.6. The molecule has 0 unspecified atom stereocenters. The third-order valence-electron chi connectivity index (χ3n) is 2.29. The Kier molecular flexibility index (Phi) is 3.47. The van der Waals surface area contributed by atoms with Gasteiger partial charge in [-0.05, 0) is 12.8 Å². The highest BCUT2D eigenvalue weighted by molar-refractivity contribution is 5.95. The largest absolute Gasteiger partial charge is 0.322 e. The molecule has 0 bridgehead atoms. The summed E-state index contributed by atoms with van der Waals surface area (Å²) in [5, 5.41) is 6.89. The third kappa shape index (κ3) is 2.79. The van der Waals surface area contributed by atoms with Crippen molar-refractivity contribution in [3.05, 3.63) is 11.9 Å². The van der Waals surface area contributed by atoms with Gasteiger partial charge in [0.2, 0.25) is 5.91 Å². The second-order valence-corrected chi connectivity index (χ2v) is 4.06. The molecule has 5 nitrogen and oxygen atoms in total. The predicted octanol–water partition coefficient (Wildman–Crippen LogP) is 0.650. The maximum atomic E-state index is 11.6. The first-order valence-corrected chi connectivity index (χ1v) is 4.98. The van der Waals surface area contributed by atoms with Crippen molar-refractivity contribution in [1.29, 1.82) is 0 Å². The number of aryl methyl sites for hydroxylation is 2. The van der Waals surface area contributed by atoms with Gasteiger partial charge < -0.3 is 11.1 Å². The van der Waals surface area contributed by atoms with Crippen LogP contribution in [0.3, 0.4) is 0 Å². The molecule has 5 heteroatoms. The summed E-state index contributed by atoms with van der Waals surface area (Å²) in [6, 6.07) is -0.482. The number of nitrogens with one attached hydrogen (secondary N) is 1. The molecule has 84 valence electrons. The fourth-order valence-electron chi connectivity index (χ4n) is 1.24. The quantitative estimate of drug-likeness (QED) is 0.769. The summed E-state index contributed by atoms with van der Waals surface area (Å²) in [7, 11) is 1.81. The molecule has 1 rings (SSSR count). The molecule has 0 aliphatic carbocycles. The third-order valence-corrected chi connectivity index (χ3v) is 2.29. The smallest absolute Gasteiger partial charge is 0.241 e. The molecule has 15 heavy (non-hydrogen) atoms. The summed E-state index contributed by atoms with van der Waals surface area (Å²) in [5.74, 6) is -0.0388. The highest BCUT2D eigenvalue weighted by atomic mass is 16.2. The van der Waals surface area contributed by atoms with Crippen molar-refractivity contribution in [2.24, 2.45) is 18.7 Å². The SMILES string of the molecule is Cc1nn(C)cc1NC(=O)[C@@H](N)C(C)C. The lowest BCUT2D eigenvalue weighted by Gasteiger charge is -2.14. The van der Waals surface area contributed by atoms with Crippen LogP contribution in [0.2, 0.25) is 0 Å². The number of anilines is 1. The molecule has 1 aromatic heterocycles. The minimum Gasteiger partial charge on any atom is -0.322 e. The molecule has 0 aromatic carbocycles. The average molecular weight is 210 g/mol. The number of rotatable bonds is 3. The van der Waals surface area contributed by atoms with E-state index in [1.807, 2.05) is 27.8 Å². The number of aromatic nitrogens is 2. The summed E-state index contributed by atoms with van der Waals surface area (Å²) < 4.78 is 1.66. The van der Waals surface area contributed by atoms with E-state index in [1.165, 1.54) is 0 Å². The molecule has 0 aliphatic rings. The van der Waals surface area contributed by atoms with E-state index in [1.54, 1.807) is 10.9 Å². The molecule has 1 amide bonds. The lowest BCUT2D eigenvalue weighted by molar-refractivity contribution is -0.118. The Bertz CT molecular complexity index is 356. The van der Waals surface area contributed by atoms with Gasteiger partial charge in [-0.3, -0.25) is 9.48 Å². The van der Waals surface area contributed by atoms with Gasteiger partial charge in [-0.1, -0.05) is 13.8 Å². The molecule has 0 saturated carbocycles. The maximum Gasteiger partial charge on any atom is 0.241 e. The van der Waals surface area contributed by atoms with Crippen LogP contribution in [0.25, 0.3) is 0 Å². The molecule has 1 heterocycles. The minimum absolute atomic E-state index is 0.127. The van der Waals surface area contributed by atoms with Crippen LogP contribution in [-0.2, 0) is 11.8 Å². The van der Waals surface area contributed by atoms with Crippen molar-refractivity contribution in [3.8, 4) is 0 Å². The van der Waals surface area contributed by atoms with Crippen molar-refractivity contribution in [2.45, 2.75) is 26.8 Å². The van der Waals surface area contributed by atoms with Gasteiger partial charge in [-0.15, -0.1) is 0 Å². The highest BCUT2D eigenvalue weighted by Crippen LogP contribution is 2.12. The molecular weight excluding hydrogens is 192 g/mol. The molecule has 1 atom stereocenters. The number of carbonyl (C=O) groups excluding carboxylic acids is 1. The van der Waals surface area contributed by atoms with Gasteiger partial charge in [-0.2, -0.15) is 5.10 Å². The second-order valence-electron chi connectivity index (χ2n) is 4.06. The summed E-state index contributed by atoms with van der Waals surface area (Å²) >= 11 is 0. The van der Waals surface area contributed by atoms with Gasteiger partial charge in [0.15, 0.2) is 0 Å². The van der Waals surface area contributed by atoms with Crippen molar-refractivity contribution >= 4 is 11.6 Å². The predicted molar refractivity (Wildman–Crippen MR) is 59.4 cm³/mol. The normalized spacial score (nSPS) is 12.9. The van der Waals surface area contributed by atoms with Crippen LogP contribution in [0.1, 0.15) is 19.5 Å². The number of nitrogens with zero attached hydrogens (tertiary/aromatic N) is 2. The first kappa shape index (κ1) is 11.7. The fraction of sp³-hybridized carbons (Fsp3) is 0.600. The Morgan fingerprint density at radius 1 is 1.60 bits per heavy atom. The van der Waals surface area contributed by atoms with E-state index in [2.05, 4.69) is 10.4 Å². The molecule has 0 radical (unpaired) electrons. The lowest BCUT2D eigenvalue weighted by atomic mass is 10.1. The molecule has 0 fully saturated rings. The number of carbonyl (C=O) groups is 1. The van der Waals surface area contributed by atoms with Crippen molar-refractivity contribution in [3.63, 3.8) is 0 Å². The molecular formula is C10H18N4O. The van der Waals surface area contributed by atoms with E-state index >= 15 is 0 Å². The number of hydrogen-bond acceptors (Lipinski definition) is 3. The van der Waals surface area contributed by atoms with Crippen molar-refractivity contribution in [2.75, 3.05) is 5.32 Å². The lowest BCUT2D eigenvalue weighted by Crippen LogP contribution is -2.39. The van der Waals surface area contributed by atoms with E-state index in [-0.39, 0.29) is 11.8 Å². The first-order valence-electron chi connectivity index (χ1n) is 4.98. The van der Waals surface area contributed by atoms with E-state index < -0.39 is 6.04 Å². The Balaban J connectivity index is 2.70. The summed E-state index contributed by atoms with van der Waals surface area (Å²) in [6.45, 7) is 5.68. The Morgan fingerprint density at radius 3 is 2.60 bits per heavy atom. The van der Waals surface area contributed by atoms with Crippen LogP contribution in [0.4, 0.5) is 5.69 Å². The topological polar surface area (TPSA) is 72.9 Å². The van der Waals surface area contributed by atoms with Crippen LogP contribution >= 0.6 is 0 Å². The van der Waals surface area contributed by atoms with Gasteiger partial charge in [-0.25, -0.2) is 0 Å². The zero-order chi connectivity index (χ0) is 11.6. The summed E-state index contributed by atoms with van der Waals surface area (Å²) in [5.41, 5.74) is 7.24. The molecule has 3 N–H and O–H groups in total. The van der Waals surface area contributed by atoms with Gasteiger partial charge in [0.25, 0.3) is 0 Å². The van der Waals surface area contributed by atoms with Crippen LogP contribution in [-0.4, -0.2) is 21.7 Å². The standard InChI is InChI=1S/C10H18N4O/c1-6(2)9(11)10(15)12-8-5-14(4)13-7(8)3/h5-6,9H,11H2,1-4H3,(H,12,15)/t9-/m0/s1. The highest BCUT2D eigenvalue weighted by Gasteiger charge is 2.18. The van der Waals surface area contributed by atoms with Gasteiger partial charge in [0, 0.05) is 13.2 Å². The summed E-state index contributed by atoms with van der Waals surface area (Å²) in [6.07, 6.45) is 1.76. The zero-order valence-electron chi connectivity index (χ0n) is 9.61. The number of hydrogen-bond donors (Lipinski definition) is 2. The van der Waals surface area contributed by atoms with E-state index in [4.69, 9.17) is 5.73 Å². The van der Waals surface area contributed by atoms with E-state index in [0.717, 1.165) is 11.4 Å². The van der Waals surface area contributed by atoms with Gasteiger partial charge in [0.05, 0.1) is 17.4 Å². The Hall–Kier alpha value is -1.36. The Labute approximate surface area is 89.6 Å². The fourth-order valence-corrected chi connectivity index (χ4v) is 1.24. The molecule has 0 saturated heterocycles. The van der Waals surface area contributed by atoms with Crippen molar-refractivity contribution < 1.29 is 4.79 Å². The first-order chi connectivity index (χ1) is 6.91. The van der Waals surface area contributed by atoms with Gasteiger partial charge in [0.1, 0.15) is 0 Å². The number of nitrogens with two attached hydrogens (primary N) is 1. The molecule has 1 aromatic rings. The molecule has 0 aliphatic heterocycles. The van der Waals surface area contributed by atoms with Crippen LogP contribution < -0.4 is 11.1 Å². The van der Waals surface area contributed by atoms with Crippen LogP contribution in [0, 0.1) is 12.8 Å². The summed E-state index contributed by atoms with van der Waals surface area (Å²) in [4.78, 5) is 11.6.